The van der Waals surface area contributed by atoms with E-state index in [1.54, 1.807) is 19.5 Å². The molecular formula is C17H22N4O2. The molecule has 1 aliphatic rings. The van der Waals surface area contributed by atoms with Crippen LogP contribution in [-0.2, 0) is 9.47 Å². The van der Waals surface area contributed by atoms with Gasteiger partial charge in [-0.25, -0.2) is 9.97 Å². The minimum Gasteiger partial charge on any atom is -0.381 e. The van der Waals surface area contributed by atoms with Gasteiger partial charge in [0.1, 0.15) is 5.82 Å². The fourth-order valence-electron chi connectivity index (χ4n) is 2.73. The molecule has 3 heterocycles. The summed E-state index contributed by atoms with van der Waals surface area (Å²) >= 11 is 0. The maximum atomic E-state index is 5.75. The van der Waals surface area contributed by atoms with Crippen molar-refractivity contribution in [3.05, 3.63) is 36.3 Å². The van der Waals surface area contributed by atoms with E-state index in [1.165, 1.54) is 0 Å². The summed E-state index contributed by atoms with van der Waals surface area (Å²) < 4.78 is 11.2. The van der Waals surface area contributed by atoms with E-state index in [-0.39, 0.29) is 5.60 Å². The molecule has 0 bridgehead atoms. The predicted octanol–water partition coefficient (Wildman–Crippen LogP) is 2.45. The topological polar surface area (TPSA) is 69.2 Å². The van der Waals surface area contributed by atoms with Gasteiger partial charge in [-0.05, 0) is 19.1 Å². The summed E-state index contributed by atoms with van der Waals surface area (Å²) in [5.74, 6) is 1.48. The van der Waals surface area contributed by atoms with Gasteiger partial charge in [0.2, 0.25) is 0 Å². The van der Waals surface area contributed by atoms with E-state index in [2.05, 4.69) is 20.3 Å². The van der Waals surface area contributed by atoms with Crippen LogP contribution in [0.15, 0.2) is 30.6 Å². The van der Waals surface area contributed by atoms with E-state index in [0.29, 0.717) is 12.4 Å². The summed E-state index contributed by atoms with van der Waals surface area (Å²) in [7, 11) is 1.76. The van der Waals surface area contributed by atoms with Crippen LogP contribution in [0.3, 0.4) is 0 Å². The predicted molar refractivity (Wildman–Crippen MR) is 88.3 cm³/mol. The molecule has 0 atom stereocenters. The van der Waals surface area contributed by atoms with E-state index < -0.39 is 0 Å². The Morgan fingerprint density at radius 3 is 2.83 bits per heavy atom. The Hall–Kier alpha value is -2.05. The van der Waals surface area contributed by atoms with Gasteiger partial charge < -0.3 is 14.8 Å². The fraction of sp³-hybridized carbons (Fsp3) is 0.471. The fourth-order valence-corrected chi connectivity index (χ4v) is 2.73. The molecule has 3 rings (SSSR count). The first-order valence-corrected chi connectivity index (χ1v) is 7.84. The van der Waals surface area contributed by atoms with Crippen LogP contribution in [0.4, 0.5) is 5.82 Å². The maximum Gasteiger partial charge on any atom is 0.163 e. The van der Waals surface area contributed by atoms with E-state index in [4.69, 9.17) is 9.47 Å². The van der Waals surface area contributed by atoms with Crippen molar-refractivity contribution in [2.75, 3.05) is 32.2 Å². The molecule has 0 unspecified atom stereocenters. The molecule has 1 N–H and O–H groups in total. The number of ether oxygens (including phenoxy) is 2. The number of aromatic nitrogens is 3. The van der Waals surface area contributed by atoms with Crippen molar-refractivity contribution >= 4 is 5.82 Å². The SMILES string of the molecule is COC1(CNc2cc(C)nc(-c3cccnc3)n2)CCOCC1. The van der Waals surface area contributed by atoms with Crippen molar-refractivity contribution in [1.82, 2.24) is 15.0 Å². The van der Waals surface area contributed by atoms with Crippen LogP contribution in [0.1, 0.15) is 18.5 Å². The molecule has 0 amide bonds. The van der Waals surface area contributed by atoms with E-state index in [1.807, 2.05) is 25.1 Å². The lowest BCUT2D eigenvalue weighted by molar-refractivity contribution is -0.0807. The molecule has 0 aliphatic carbocycles. The molecule has 0 saturated carbocycles. The van der Waals surface area contributed by atoms with Crippen molar-refractivity contribution in [2.24, 2.45) is 0 Å². The van der Waals surface area contributed by atoms with E-state index in [0.717, 1.165) is 43.1 Å². The Labute approximate surface area is 136 Å². The number of nitrogens with one attached hydrogen (secondary N) is 1. The van der Waals surface area contributed by atoms with Crippen molar-refractivity contribution in [1.29, 1.82) is 0 Å². The Morgan fingerprint density at radius 2 is 2.13 bits per heavy atom. The normalized spacial score (nSPS) is 17.0. The Morgan fingerprint density at radius 1 is 1.30 bits per heavy atom. The van der Waals surface area contributed by atoms with Crippen LogP contribution in [0.5, 0.6) is 0 Å². The van der Waals surface area contributed by atoms with Crippen LogP contribution in [-0.4, -0.2) is 47.4 Å². The minimum atomic E-state index is -0.189. The monoisotopic (exact) mass is 314 g/mol. The lowest BCUT2D eigenvalue weighted by Gasteiger charge is -2.36. The number of hydrogen-bond acceptors (Lipinski definition) is 6. The third-order valence-electron chi connectivity index (χ3n) is 4.20. The van der Waals surface area contributed by atoms with Gasteiger partial charge >= 0.3 is 0 Å². The standard InChI is InChI=1S/C17H22N4O2/c1-13-10-15(19-12-17(22-2)5-8-23-9-6-17)21-16(20-13)14-4-3-7-18-11-14/h3-4,7,10-11H,5-6,8-9,12H2,1-2H3,(H,19,20,21). The van der Waals surface area contributed by atoms with Gasteiger partial charge in [-0.1, -0.05) is 0 Å². The largest absolute Gasteiger partial charge is 0.381 e. The average molecular weight is 314 g/mol. The van der Waals surface area contributed by atoms with Gasteiger partial charge in [0, 0.05) is 69.4 Å². The first kappa shape index (κ1) is 15.8. The maximum absolute atomic E-state index is 5.75. The number of rotatable bonds is 5. The van der Waals surface area contributed by atoms with Gasteiger partial charge in [0.15, 0.2) is 5.82 Å². The molecule has 2 aromatic rings. The lowest BCUT2D eigenvalue weighted by atomic mass is 9.94. The molecule has 23 heavy (non-hydrogen) atoms. The highest BCUT2D eigenvalue weighted by atomic mass is 16.5. The van der Waals surface area contributed by atoms with Gasteiger partial charge in [0.25, 0.3) is 0 Å². The second kappa shape index (κ2) is 7.02. The summed E-state index contributed by atoms with van der Waals surface area (Å²) in [6.45, 7) is 4.14. The number of nitrogens with zero attached hydrogens (tertiary/aromatic N) is 3. The van der Waals surface area contributed by atoms with Crippen LogP contribution < -0.4 is 5.32 Å². The minimum absolute atomic E-state index is 0.189. The van der Waals surface area contributed by atoms with Crippen LogP contribution in [0.25, 0.3) is 11.4 Å². The molecule has 0 spiro atoms. The quantitative estimate of drug-likeness (QED) is 0.914. The first-order chi connectivity index (χ1) is 11.2. The van der Waals surface area contributed by atoms with Crippen molar-refractivity contribution < 1.29 is 9.47 Å². The second-order valence-electron chi connectivity index (χ2n) is 5.81. The summed E-state index contributed by atoms with van der Waals surface area (Å²) in [5, 5.41) is 3.41. The van der Waals surface area contributed by atoms with Crippen molar-refractivity contribution in [3.8, 4) is 11.4 Å². The van der Waals surface area contributed by atoms with Crippen LogP contribution >= 0.6 is 0 Å². The molecule has 6 nitrogen and oxygen atoms in total. The summed E-state index contributed by atoms with van der Waals surface area (Å²) in [5.41, 5.74) is 1.64. The lowest BCUT2D eigenvalue weighted by Crippen LogP contribution is -2.44. The zero-order valence-electron chi connectivity index (χ0n) is 13.6. The molecular weight excluding hydrogens is 292 g/mol. The summed E-state index contributed by atoms with van der Waals surface area (Å²) in [6.07, 6.45) is 5.28. The summed E-state index contributed by atoms with van der Waals surface area (Å²) in [4.78, 5) is 13.2. The van der Waals surface area contributed by atoms with E-state index >= 15 is 0 Å². The highest BCUT2D eigenvalue weighted by molar-refractivity contribution is 5.56. The molecule has 0 radical (unpaired) electrons. The molecule has 122 valence electrons. The number of aryl methyl sites for hydroxylation is 1. The van der Waals surface area contributed by atoms with Crippen molar-refractivity contribution in [3.63, 3.8) is 0 Å². The smallest absolute Gasteiger partial charge is 0.163 e. The number of anilines is 1. The van der Waals surface area contributed by atoms with Gasteiger partial charge in [-0.15, -0.1) is 0 Å². The number of hydrogen-bond donors (Lipinski definition) is 1. The second-order valence-corrected chi connectivity index (χ2v) is 5.81. The average Bonchev–Trinajstić information content (AvgIpc) is 2.61. The molecule has 1 aliphatic heterocycles. The zero-order chi connectivity index (χ0) is 16.1. The Balaban J connectivity index is 1.76. The molecule has 2 aromatic heterocycles. The van der Waals surface area contributed by atoms with Gasteiger partial charge in [-0.2, -0.15) is 0 Å². The molecule has 6 heteroatoms. The number of methoxy groups -OCH3 is 1. The third-order valence-corrected chi connectivity index (χ3v) is 4.20. The van der Waals surface area contributed by atoms with Gasteiger partial charge in [-0.3, -0.25) is 4.98 Å². The molecule has 1 saturated heterocycles. The number of pyridine rings is 1. The Bertz CT molecular complexity index is 642. The molecule has 0 aromatic carbocycles. The summed E-state index contributed by atoms with van der Waals surface area (Å²) in [6, 6.07) is 5.79. The highest BCUT2D eigenvalue weighted by Crippen LogP contribution is 2.25. The van der Waals surface area contributed by atoms with Crippen LogP contribution in [0, 0.1) is 6.92 Å². The molecule has 1 fully saturated rings. The first-order valence-electron chi connectivity index (χ1n) is 7.84. The zero-order valence-corrected chi connectivity index (χ0v) is 13.6. The van der Waals surface area contributed by atoms with Gasteiger partial charge in [0.05, 0.1) is 5.60 Å². The van der Waals surface area contributed by atoms with E-state index in [9.17, 15) is 0 Å². The van der Waals surface area contributed by atoms with Crippen LogP contribution in [0.2, 0.25) is 0 Å². The third kappa shape index (κ3) is 3.83. The Kier molecular flexibility index (Phi) is 4.83. The van der Waals surface area contributed by atoms with Crippen molar-refractivity contribution in [2.45, 2.75) is 25.4 Å². The highest BCUT2D eigenvalue weighted by Gasteiger charge is 2.32.